The molecule has 7 heteroatoms. The summed E-state index contributed by atoms with van der Waals surface area (Å²) in [6.07, 6.45) is 0. The quantitative estimate of drug-likeness (QED) is 0.0530. The van der Waals surface area contributed by atoms with Crippen LogP contribution in [0.5, 0.6) is 5.75 Å². The maximum Gasteiger partial charge on any atom is 3.00 e. The smallest absolute Gasteiger partial charge is 0.696 e. The summed E-state index contributed by atoms with van der Waals surface area (Å²) in [5.41, 5.74) is 6.68. The summed E-state index contributed by atoms with van der Waals surface area (Å²) >= 11 is 3.70. The first kappa shape index (κ1) is 36.6. The van der Waals surface area contributed by atoms with Gasteiger partial charge in [0.1, 0.15) is 0 Å². The van der Waals surface area contributed by atoms with Gasteiger partial charge in [-0.05, 0) is 27.9 Å². The monoisotopic (exact) mass is 846 g/mol. The number of aromatic nitrogens is 1. The van der Waals surface area contributed by atoms with Gasteiger partial charge in [-0.1, -0.05) is 123 Å². The van der Waals surface area contributed by atoms with Crippen LogP contribution in [-0.2, 0) is 45.0 Å². The number of hydrogen-bond acceptors (Lipinski definition) is 5. The first-order valence-electron chi connectivity index (χ1n) is 15.1. The number of benzene rings is 5. The van der Waals surface area contributed by atoms with E-state index in [0.717, 1.165) is 55.3 Å². The van der Waals surface area contributed by atoms with Crippen LogP contribution in [0.2, 0.25) is 0 Å². The third-order valence-electron chi connectivity index (χ3n) is 7.88. The molecule has 48 heavy (non-hydrogen) atoms. The van der Waals surface area contributed by atoms with E-state index in [9.17, 15) is 4.57 Å². The van der Waals surface area contributed by atoms with Crippen molar-refractivity contribution in [3.8, 4) is 44.8 Å². The molecule has 0 spiro atoms. The number of ether oxygens (including phenoxy) is 1. The molecule has 0 radical (unpaired) electrons. The molecule has 0 N–H and O–H groups in total. The Morgan fingerprint density at radius 3 is 1.60 bits per heavy atom. The maximum atomic E-state index is 14.9. The van der Waals surface area contributed by atoms with Crippen molar-refractivity contribution in [2.75, 3.05) is 7.11 Å². The Balaban J connectivity index is 0.00000125. The minimum atomic E-state index is -3.06. The molecule has 1 aromatic heterocycles. The number of rotatable bonds is 7. The second-order valence-corrected chi connectivity index (χ2v) is 14.9. The van der Waals surface area contributed by atoms with E-state index < -0.39 is 7.14 Å². The van der Waals surface area contributed by atoms with Gasteiger partial charge in [0.05, 0.1) is 7.11 Å². The number of nitrogens with zero attached hydrogens (tertiary/aromatic N) is 2. The number of nitriles is 1. The number of thiocyanates is 1. The zero-order chi connectivity index (χ0) is 33.4. The summed E-state index contributed by atoms with van der Waals surface area (Å²) in [4.78, 5) is 5.04. The summed E-state index contributed by atoms with van der Waals surface area (Å²) < 4.78 is 20.2. The molecule has 0 aliphatic heterocycles. The van der Waals surface area contributed by atoms with E-state index in [1.807, 2.05) is 91.0 Å². The summed E-state index contributed by atoms with van der Waals surface area (Å²) in [7, 11) is -1.42. The van der Waals surface area contributed by atoms with Crippen LogP contribution < -0.4 is 20.7 Å². The summed E-state index contributed by atoms with van der Waals surface area (Å²) in [5, 5.41) is 10.9. The van der Waals surface area contributed by atoms with Crippen molar-refractivity contribution in [1.29, 1.82) is 5.26 Å². The molecule has 1 heterocycles. The normalized spacial score (nSPS) is 10.9. The molecule has 0 unspecified atom stereocenters. The summed E-state index contributed by atoms with van der Waals surface area (Å²) in [6, 6.07) is 50.6. The topological polar surface area (TPSA) is 63.0 Å². The van der Waals surface area contributed by atoms with E-state index >= 15 is 0 Å². The molecule has 0 aliphatic carbocycles. The first-order chi connectivity index (χ1) is 22.7. The van der Waals surface area contributed by atoms with Crippen LogP contribution in [0.25, 0.3) is 33.6 Å². The second kappa shape index (κ2) is 16.2. The molecule has 0 atom stereocenters. The Morgan fingerprint density at radius 1 is 0.708 bits per heavy atom. The van der Waals surface area contributed by atoms with Crippen molar-refractivity contribution in [3.05, 3.63) is 151 Å². The van der Waals surface area contributed by atoms with Crippen molar-refractivity contribution < 1.29 is 31.7 Å². The van der Waals surface area contributed by atoms with Crippen molar-refractivity contribution >= 4 is 35.7 Å². The van der Waals surface area contributed by atoms with E-state index in [1.54, 1.807) is 7.11 Å². The van der Waals surface area contributed by atoms with E-state index in [-0.39, 0.29) is 27.8 Å². The van der Waals surface area contributed by atoms with Gasteiger partial charge < -0.3 is 26.9 Å². The predicted octanol–water partition coefficient (Wildman–Crippen LogP) is 8.64. The Kier molecular flexibility index (Phi) is 12.4. The van der Waals surface area contributed by atoms with Gasteiger partial charge in [0.25, 0.3) is 0 Å². The molecule has 0 saturated carbocycles. The molecule has 0 bridgehead atoms. The van der Waals surface area contributed by atoms with Crippen LogP contribution >= 0.6 is 7.14 Å². The number of hydrogen-bond donors (Lipinski definition) is 0. The Hall–Kier alpha value is -4.27. The minimum absolute atomic E-state index is 0. The average molecular weight is 847 g/mol. The predicted molar refractivity (Wildman–Crippen MR) is 196 cm³/mol. The van der Waals surface area contributed by atoms with Crippen molar-refractivity contribution in [2.45, 2.75) is 26.2 Å². The standard InChI is InChI=1S/C40H34NO2P.CHNS.Au/c1-40(2,3)33-21-15-30(16-22-33)38-27-32(28-39(41-38)31-17-23-34(43-4)24-18-31)29-19-25-37(26-20-29)44(42,35-11-7-5-8-12-35)36-13-9-6-10-14-36;2-1-3;/h5-15,17,19-28H,1-4H3;3H;/q-2;;+3/p-1. The van der Waals surface area contributed by atoms with Gasteiger partial charge in [-0.2, -0.15) is 0 Å². The first-order valence-corrected chi connectivity index (χ1v) is 17.2. The van der Waals surface area contributed by atoms with Crippen LogP contribution in [-0.4, -0.2) is 12.1 Å². The van der Waals surface area contributed by atoms with Crippen LogP contribution in [0.3, 0.4) is 0 Å². The van der Waals surface area contributed by atoms with Gasteiger partial charge in [0.15, 0.2) is 7.14 Å². The molecular formula is C41H34AuN2O2PS. The van der Waals surface area contributed by atoms with Gasteiger partial charge in [-0.3, -0.25) is 0 Å². The van der Waals surface area contributed by atoms with Crippen molar-refractivity contribution in [2.24, 2.45) is 0 Å². The largest absolute Gasteiger partial charge is 3.00 e. The van der Waals surface area contributed by atoms with Crippen molar-refractivity contribution in [3.63, 3.8) is 0 Å². The Bertz CT molecular complexity index is 1980. The maximum absolute atomic E-state index is 14.9. The molecule has 0 aliphatic rings. The van der Waals surface area contributed by atoms with Gasteiger partial charge in [-0.15, -0.1) is 65.2 Å². The van der Waals surface area contributed by atoms with E-state index in [2.05, 4.69) is 88.0 Å². The Labute approximate surface area is 305 Å². The molecule has 242 valence electrons. The molecule has 5 aromatic carbocycles. The average Bonchev–Trinajstić information content (AvgIpc) is 3.12. The van der Waals surface area contributed by atoms with Gasteiger partial charge >= 0.3 is 22.4 Å². The molecule has 0 fully saturated rings. The molecule has 4 nitrogen and oxygen atoms in total. The number of methoxy groups -OCH3 is 1. The molecule has 6 rings (SSSR count). The van der Waals surface area contributed by atoms with Crippen LogP contribution in [0.1, 0.15) is 26.3 Å². The summed E-state index contributed by atoms with van der Waals surface area (Å²) in [5.74, 6) is 0.744. The van der Waals surface area contributed by atoms with E-state index in [0.29, 0.717) is 0 Å². The third kappa shape index (κ3) is 8.23. The fraction of sp³-hybridized carbons (Fsp3) is 0.122. The van der Waals surface area contributed by atoms with E-state index in [4.69, 9.17) is 15.0 Å². The zero-order valence-corrected chi connectivity index (χ0v) is 30.9. The Morgan fingerprint density at radius 2 is 1.19 bits per heavy atom. The van der Waals surface area contributed by atoms with Gasteiger partial charge in [0.2, 0.25) is 0 Å². The van der Waals surface area contributed by atoms with Gasteiger partial charge in [-0.25, -0.2) is 5.26 Å². The molecule has 0 saturated heterocycles. The van der Waals surface area contributed by atoms with Crippen molar-refractivity contribution in [1.82, 2.24) is 4.98 Å². The summed E-state index contributed by atoms with van der Waals surface area (Å²) in [6.45, 7) is 6.60. The molecular weight excluding hydrogens is 812 g/mol. The van der Waals surface area contributed by atoms with Crippen LogP contribution in [0.15, 0.2) is 133 Å². The number of pyridine rings is 1. The zero-order valence-electron chi connectivity index (χ0n) is 27.1. The minimum Gasteiger partial charge on any atom is -0.696 e. The molecule has 0 amide bonds. The van der Waals surface area contributed by atoms with Crippen LogP contribution in [0.4, 0.5) is 0 Å². The SMILES string of the molecule is COc1c[c-]c(-c2cc(-c3ccc(P(=O)(c4ccccc4)c4ccccc4)cc3)cc(-c3[c-]cc(C(C)(C)C)cc3)n2)cc1.N#C[S-].[Au+3]. The van der Waals surface area contributed by atoms with E-state index in [1.165, 1.54) is 11.0 Å². The molecule has 6 aromatic rings. The fourth-order valence-electron chi connectivity index (χ4n) is 5.31. The second-order valence-electron chi connectivity index (χ2n) is 11.9. The third-order valence-corrected chi connectivity index (χ3v) is 11.0. The van der Waals surface area contributed by atoms with Gasteiger partial charge in [0, 0.05) is 21.7 Å². The van der Waals surface area contributed by atoms with Crippen LogP contribution in [0, 0.1) is 22.8 Å². The fourth-order valence-corrected chi connectivity index (χ4v) is 7.95.